The fourth-order valence-corrected chi connectivity index (χ4v) is 3.34. The number of hydrogen-bond acceptors (Lipinski definition) is 3. The summed E-state index contributed by atoms with van der Waals surface area (Å²) in [5.74, 6) is 0.381. The van der Waals surface area contributed by atoms with E-state index in [1.807, 2.05) is 48.5 Å². The number of ether oxygens (including phenoxy) is 1. The first kappa shape index (κ1) is 14.8. The molecule has 2 aromatic rings. The van der Waals surface area contributed by atoms with Crippen LogP contribution >= 0.6 is 0 Å². The van der Waals surface area contributed by atoms with E-state index in [0.29, 0.717) is 18.0 Å². The number of fused-ring (bicyclic) bond motifs is 2. The van der Waals surface area contributed by atoms with Gasteiger partial charge in [0.2, 0.25) is 5.91 Å². The molecular formula is C19H18N2O3. The van der Waals surface area contributed by atoms with Crippen LogP contribution in [0.4, 0.5) is 11.4 Å². The van der Waals surface area contributed by atoms with Crippen molar-refractivity contribution < 1.29 is 14.3 Å². The number of benzene rings is 2. The van der Waals surface area contributed by atoms with Crippen molar-refractivity contribution in [3.05, 3.63) is 54.1 Å². The first-order valence-electron chi connectivity index (χ1n) is 8.10. The molecule has 5 nitrogen and oxygen atoms in total. The van der Waals surface area contributed by atoms with Crippen molar-refractivity contribution in [1.29, 1.82) is 0 Å². The van der Waals surface area contributed by atoms with Crippen LogP contribution in [0.25, 0.3) is 0 Å². The third-order valence-electron chi connectivity index (χ3n) is 4.56. The molecule has 2 aliphatic heterocycles. The molecule has 5 heteroatoms. The second-order valence-electron chi connectivity index (χ2n) is 6.08. The molecule has 2 amide bonds. The third kappa shape index (κ3) is 2.33. The van der Waals surface area contributed by atoms with Gasteiger partial charge in [-0.3, -0.25) is 14.5 Å². The molecular weight excluding hydrogens is 304 g/mol. The van der Waals surface area contributed by atoms with Gasteiger partial charge in [0.25, 0.3) is 5.91 Å². The Morgan fingerprint density at radius 2 is 1.83 bits per heavy atom. The van der Waals surface area contributed by atoms with Gasteiger partial charge in [-0.15, -0.1) is 0 Å². The standard InChI is InChI=1S/C19H18N2O3/c1-13-19(23)21(16-8-4-5-9-17(16)24-13)12-18(22)20-11-10-14-6-2-3-7-15(14)20/h2-9,13H,10-12H2,1H3/t13-/m0/s1. The van der Waals surface area contributed by atoms with E-state index < -0.39 is 6.10 Å². The zero-order valence-corrected chi connectivity index (χ0v) is 13.4. The van der Waals surface area contributed by atoms with Gasteiger partial charge in [0, 0.05) is 12.2 Å². The largest absolute Gasteiger partial charge is 0.479 e. The second-order valence-corrected chi connectivity index (χ2v) is 6.08. The molecule has 0 saturated carbocycles. The molecule has 0 aliphatic carbocycles. The molecule has 0 fully saturated rings. The van der Waals surface area contributed by atoms with Gasteiger partial charge in [-0.2, -0.15) is 0 Å². The highest BCUT2D eigenvalue weighted by Gasteiger charge is 2.34. The van der Waals surface area contributed by atoms with Gasteiger partial charge in [-0.05, 0) is 37.1 Å². The molecule has 1 atom stereocenters. The highest BCUT2D eigenvalue weighted by molar-refractivity contribution is 6.07. The zero-order chi connectivity index (χ0) is 16.7. The fraction of sp³-hybridized carbons (Fsp3) is 0.263. The number of amides is 2. The molecule has 0 aromatic heterocycles. The molecule has 24 heavy (non-hydrogen) atoms. The maximum atomic E-state index is 12.8. The summed E-state index contributed by atoms with van der Waals surface area (Å²) in [6.45, 7) is 2.40. The molecule has 2 heterocycles. The molecule has 0 saturated heterocycles. The van der Waals surface area contributed by atoms with Crippen molar-refractivity contribution in [1.82, 2.24) is 0 Å². The minimum atomic E-state index is -0.585. The zero-order valence-electron chi connectivity index (χ0n) is 13.4. The van der Waals surface area contributed by atoms with Crippen LogP contribution in [-0.2, 0) is 16.0 Å². The number of hydrogen-bond donors (Lipinski definition) is 0. The minimum Gasteiger partial charge on any atom is -0.479 e. The number of nitrogens with zero attached hydrogens (tertiary/aromatic N) is 2. The lowest BCUT2D eigenvalue weighted by Crippen LogP contribution is -2.49. The third-order valence-corrected chi connectivity index (χ3v) is 4.56. The Hall–Kier alpha value is -2.82. The van der Waals surface area contributed by atoms with Crippen molar-refractivity contribution >= 4 is 23.2 Å². The van der Waals surface area contributed by atoms with Crippen LogP contribution in [0.15, 0.2) is 48.5 Å². The summed E-state index contributed by atoms with van der Waals surface area (Å²) in [5.41, 5.74) is 2.78. The Kier molecular flexibility index (Phi) is 3.49. The quantitative estimate of drug-likeness (QED) is 0.853. The van der Waals surface area contributed by atoms with E-state index in [1.54, 1.807) is 11.8 Å². The van der Waals surface area contributed by atoms with Crippen LogP contribution in [0, 0.1) is 0 Å². The summed E-state index contributed by atoms with van der Waals surface area (Å²) in [6.07, 6.45) is 0.268. The predicted molar refractivity (Wildman–Crippen MR) is 91.4 cm³/mol. The Labute approximate surface area is 140 Å². The Bertz CT molecular complexity index is 818. The number of para-hydroxylation sites is 3. The molecule has 122 valence electrons. The van der Waals surface area contributed by atoms with Crippen LogP contribution in [0.2, 0.25) is 0 Å². The van der Waals surface area contributed by atoms with E-state index in [9.17, 15) is 9.59 Å². The highest BCUT2D eigenvalue weighted by atomic mass is 16.5. The highest BCUT2D eigenvalue weighted by Crippen LogP contribution is 2.34. The maximum Gasteiger partial charge on any atom is 0.268 e. The van der Waals surface area contributed by atoms with Crippen molar-refractivity contribution in [2.75, 3.05) is 22.9 Å². The van der Waals surface area contributed by atoms with Crippen LogP contribution in [-0.4, -0.2) is 31.0 Å². The SMILES string of the molecule is C[C@@H]1Oc2ccccc2N(CC(=O)N2CCc3ccccc32)C1=O. The lowest BCUT2D eigenvalue weighted by molar-refractivity contribution is -0.127. The average molecular weight is 322 g/mol. The monoisotopic (exact) mass is 322 g/mol. The predicted octanol–water partition coefficient (Wildman–Crippen LogP) is 2.39. The molecule has 0 bridgehead atoms. The number of carbonyl (C=O) groups excluding carboxylic acids is 2. The summed E-state index contributed by atoms with van der Waals surface area (Å²) < 4.78 is 5.62. The number of carbonyl (C=O) groups is 2. The van der Waals surface area contributed by atoms with Gasteiger partial charge >= 0.3 is 0 Å². The maximum absolute atomic E-state index is 12.8. The summed E-state index contributed by atoms with van der Waals surface area (Å²) in [4.78, 5) is 28.6. The van der Waals surface area contributed by atoms with Crippen LogP contribution in [0.1, 0.15) is 12.5 Å². The lowest BCUT2D eigenvalue weighted by atomic mass is 10.1. The molecule has 0 N–H and O–H groups in total. The van der Waals surface area contributed by atoms with Gasteiger partial charge < -0.3 is 9.64 Å². The van der Waals surface area contributed by atoms with Crippen molar-refractivity contribution in [3.63, 3.8) is 0 Å². The van der Waals surface area contributed by atoms with Gasteiger partial charge in [-0.1, -0.05) is 30.3 Å². The van der Waals surface area contributed by atoms with Crippen LogP contribution in [0.5, 0.6) is 5.75 Å². The lowest BCUT2D eigenvalue weighted by Gasteiger charge is -2.33. The average Bonchev–Trinajstić information content (AvgIpc) is 3.03. The van der Waals surface area contributed by atoms with E-state index in [1.165, 1.54) is 10.5 Å². The van der Waals surface area contributed by atoms with E-state index in [2.05, 4.69) is 0 Å². The minimum absolute atomic E-state index is 0.0257. The van der Waals surface area contributed by atoms with E-state index in [4.69, 9.17) is 4.74 Å². The number of anilines is 2. The van der Waals surface area contributed by atoms with Gasteiger partial charge in [0.1, 0.15) is 12.3 Å². The summed E-state index contributed by atoms with van der Waals surface area (Å²) in [6, 6.07) is 15.2. The van der Waals surface area contributed by atoms with Gasteiger partial charge in [-0.25, -0.2) is 0 Å². The molecule has 2 aliphatic rings. The molecule has 0 spiro atoms. The van der Waals surface area contributed by atoms with E-state index in [-0.39, 0.29) is 18.4 Å². The first-order valence-corrected chi connectivity index (χ1v) is 8.10. The normalized spacial score (nSPS) is 18.9. The van der Waals surface area contributed by atoms with Crippen molar-refractivity contribution in [3.8, 4) is 5.75 Å². The summed E-state index contributed by atoms with van der Waals surface area (Å²) >= 11 is 0. The second kappa shape index (κ2) is 5.67. The Balaban J connectivity index is 1.61. The summed E-state index contributed by atoms with van der Waals surface area (Å²) in [7, 11) is 0. The topological polar surface area (TPSA) is 49.9 Å². The van der Waals surface area contributed by atoms with Gasteiger partial charge in [0.05, 0.1) is 5.69 Å². The molecule has 2 aromatic carbocycles. The number of rotatable bonds is 2. The fourth-order valence-electron chi connectivity index (χ4n) is 3.34. The summed E-state index contributed by atoms with van der Waals surface area (Å²) in [5, 5.41) is 0. The Morgan fingerprint density at radius 3 is 2.67 bits per heavy atom. The molecule has 0 unspecified atom stereocenters. The molecule has 0 radical (unpaired) electrons. The Morgan fingerprint density at radius 1 is 1.12 bits per heavy atom. The van der Waals surface area contributed by atoms with Gasteiger partial charge in [0.15, 0.2) is 6.10 Å². The van der Waals surface area contributed by atoms with E-state index in [0.717, 1.165) is 12.1 Å². The smallest absolute Gasteiger partial charge is 0.268 e. The molecule has 4 rings (SSSR count). The van der Waals surface area contributed by atoms with Crippen molar-refractivity contribution in [2.24, 2.45) is 0 Å². The van der Waals surface area contributed by atoms with Crippen molar-refractivity contribution in [2.45, 2.75) is 19.4 Å². The van der Waals surface area contributed by atoms with Crippen LogP contribution in [0.3, 0.4) is 0 Å². The van der Waals surface area contributed by atoms with E-state index >= 15 is 0 Å². The first-order chi connectivity index (χ1) is 11.6. The van der Waals surface area contributed by atoms with Crippen LogP contribution < -0.4 is 14.5 Å².